The van der Waals surface area contributed by atoms with Crippen LogP contribution in [0, 0.1) is 11.8 Å². The van der Waals surface area contributed by atoms with Gasteiger partial charge >= 0.3 is 5.97 Å². The minimum atomic E-state index is -0.907. The van der Waals surface area contributed by atoms with E-state index in [-0.39, 0.29) is 5.78 Å². The number of thiophene rings is 1. The monoisotopic (exact) mass is 307 g/mol. The number of pyridine rings is 1. The Morgan fingerprint density at radius 1 is 1.29 bits per heavy atom. The minimum Gasteiger partial charge on any atom is -0.491 e. The molecule has 1 N–H and O–H groups in total. The Bertz CT molecular complexity index is 697. The van der Waals surface area contributed by atoms with E-state index in [1.807, 2.05) is 0 Å². The third-order valence-corrected chi connectivity index (χ3v) is 4.62. The maximum atomic E-state index is 12.3. The Labute approximate surface area is 124 Å². The third kappa shape index (κ3) is 2.33. The second-order valence-corrected chi connectivity index (χ2v) is 5.93. The summed E-state index contributed by atoms with van der Waals surface area (Å²) >= 11 is 1.30. The van der Waals surface area contributed by atoms with Crippen molar-refractivity contribution in [3.63, 3.8) is 0 Å². The van der Waals surface area contributed by atoms with Gasteiger partial charge in [0.05, 0.1) is 35.2 Å². The maximum absolute atomic E-state index is 12.3. The number of hydrogen-bond acceptors (Lipinski definition) is 6. The van der Waals surface area contributed by atoms with Crippen LogP contribution in [0.1, 0.15) is 16.1 Å². The SMILES string of the molecule is COc1cc2sc(C(=O)[C@H]3C[C@H]3C(=O)O)cc2nc1OC. The zero-order valence-corrected chi connectivity index (χ0v) is 12.3. The lowest BCUT2D eigenvalue weighted by Crippen LogP contribution is -2.06. The van der Waals surface area contributed by atoms with Crippen molar-refractivity contribution >= 4 is 33.3 Å². The van der Waals surface area contributed by atoms with Crippen LogP contribution in [0.3, 0.4) is 0 Å². The zero-order chi connectivity index (χ0) is 15.1. The molecular formula is C14H13NO5S. The Morgan fingerprint density at radius 2 is 2.05 bits per heavy atom. The van der Waals surface area contributed by atoms with Gasteiger partial charge in [0.25, 0.3) is 5.88 Å². The summed E-state index contributed by atoms with van der Waals surface area (Å²) in [7, 11) is 3.02. The first kappa shape index (κ1) is 13.8. The minimum absolute atomic E-state index is 0.122. The van der Waals surface area contributed by atoms with Gasteiger partial charge in [-0.05, 0) is 12.5 Å². The van der Waals surface area contributed by atoms with E-state index in [1.165, 1.54) is 25.6 Å². The molecule has 1 fully saturated rings. The van der Waals surface area contributed by atoms with Crippen LogP contribution in [0.4, 0.5) is 0 Å². The van der Waals surface area contributed by atoms with Gasteiger partial charge in [-0.2, -0.15) is 0 Å². The van der Waals surface area contributed by atoms with Crippen LogP contribution >= 0.6 is 11.3 Å². The number of carbonyl (C=O) groups is 2. The first-order valence-corrected chi connectivity index (χ1v) is 7.16. The number of rotatable bonds is 5. The number of carbonyl (C=O) groups excluding carboxylic acids is 1. The summed E-state index contributed by atoms with van der Waals surface area (Å²) in [6, 6.07) is 3.45. The van der Waals surface area contributed by atoms with Gasteiger partial charge in [0.15, 0.2) is 11.5 Å². The molecule has 0 saturated heterocycles. The van der Waals surface area contributed by atoms with E-state index in [4.69, 9.17) is 14.6 Å². The molecule has 0 unspecified atom stereocenters. The number of carboxylic acids is 1. The number of carboxylic acid groups (broad SMARTS) is 1. The van der Waals surface area contributed by atoms with Crippen molar-refractivity contribution in [1.29, 1.82) is 0 Å². The van der Waals surface area contributed by atoms with E-state index in [0.717, 1.165) is 4.70 Å². The van der Waals surface area contributed by atoms with Crippen molar-refractivity contribution in [2.45, 2.75) is 6.42 Å². The quantitative estimate of drug-likeness (QED) is 0.852. The van der Waals surface area contributed by atoms with Crippen LogP contribution in [0.15, 0.2) is 12.1 Å². The van der Waals surface area contributed by atoms with Crippen LogP contribution in [0.2, 0.25) is 0 Å². The van der Waals surface area contributed by atoms with Crippen LogP contribution < -0.4 is 9.47 Å². The Morgan fingerprint density at radius 3 is 2.62 bits per heavy atom. The normalized spacial score (nSPS) is 20.3. The average molecular weight is 307 g/mol. The molecule has 0 bridgehead atoms. The first-order valence-electron chi connectivity index (χ1n) is 6.34. The molecule has 1 aliphatic carbocycles. The van der Waals surface area contributed by atoms with Gasteiger partial charge in [-0.3, -0.25) is 9.59 Å². The number of hydrogen-bond donors (Lipinski definition) is 1. The molecule has 0 aliphatic heterocycles. The number of aliphatic carboxylic acids is 1. The summed E-state index contributed by atoms with van der Waals surface area (Å²) in [6.45, 7) is 0. The summed E-state index contributed by atoms with van der Waals surface area (Å²) in [6.07, 6.45) is 0.419. The number of aromatic nitrogens is 1. The summed E-state index contributed by atoms with van der Waals surface area (Å²) < 4.78 is 11.1. The molecule has 2 aromatic heterocycles. The summed E-state index contributed by atoms with van der Waals surface area (Å²) in [4.78, 5) is 27.9. The number of nitrogens with zero attached hydrogens (tertiary/aromatic N) is 1. The van der Waals surface area contributed by atoms with E-state index in [9.17, 15) is 9.59 Å². The number of ketones is 1. The van der Waals surface area contributed by atoms with Crippen molar-refractivity contribution in [2.24, 2.45) is 11.8 Å². The van der Waals surface area contributed by atoms with Crippen molar-refractivity contribution in [2.75, 3.05) is 14.2 Å². The number of methoxy groups -OCH3 is 2. The molecule has 2 aromatic rings. The summed E-state index contributed by atoms with van der Waals surface area (Å²) in [5.41, 5.74) is 0.647. The third-order valence-electron chi connectivity index (χ3n) is 3.54. The van der Waals surface area contributed by atoms with Crippen LogP contribution in [-0.2, 0) is 4.79 Å². The van der Waals surface area contributed by atoms with E-state index in [0.29, 0.717) is 28.4 Å². The lowest BCUT2D eigenvalue weighted by molar-refractivity contribution is -0.138. The molecule has 6 nitrogen and oxygen atoms in total. The van der Waals surface area contributed by atoms with Crippen molar-refractivity contribution in [3.05, 3.63) is 17.0 Å². The van der Waals surface area contributed by atoms with E-state index in [2.05, 4.69) is 4.98 Å². The predicted octanol–water partition coefficient (Wildman–Crippen LogP) is 2.22. The predicted molar refractivity (Wildman–Crippen MR) is 76.3 cm³/mol. The van der Waals surface area contributed by atoms with E-state index in [1.54, 1.807) is 12.1 Å². The van der Waals surface area contributed by atoms with Gasteiger partial charge < -0.3 is 14.6 Å². The molecular weight excluding hydrogens is 294 g/mol. The molecule has 1 saturated carbocycles. The highest BCUT2D eigenvalue weighted by atomic mass is 32.1. The fourth-order valence-electron chi connectivity index (χ4n) is 2.29. The Balaban J connectivity index is 1.94. The topological polar surface area (TPSA) is 85.7 Å². The number of ether oxygens (including phenoxy) is 2. The van der Waals surface area contributed by atoms with Gasteiger partial charge in [-0.1, -0.05) is 0 Å². The molecule has 110 valence electrons. The molecule has 1 aliphatic rings. The lowest BCUT2D eigenvalue weighted by Gasteiger charge is -2.05. The highest BCUT2D eigenvalue weighted by molar-refractivity contribution is 7.20. The molecule has 0 radical (unpaired) electrons. The van der Waals surface area contributed by atoms with Gasteiger partial charge in [0, 0.05) is 12.0 Å². The zero-order valence-electron chi connectivity index (χ0n) is 11.5. The summed E-state index contributed by atoms with van der Waals surface area (Å²) in [5.74, 6) is -1.12. The fourth-order valence-corrected chi connectivity index (χ4v) is 3.32. The van der Waals surface area contributed by atoms with Crippen molar-refractivity contribution < 1.29 is 24.2 Å². The van der Waals surface area contributed by atoms with Crippen LogP contribution in [0.25, 0.3) is 10.2 Å². The molecule has 2 heterocycles. The van der Waals surface area contributed by atoms with Gasteiger partial charge in [0.2, 0.25) is 0 Å². The Hall–Kier alpha value is -2.15. The van der Waals surface area contributed by atoms with Crippen molar-refractivity contribution in [3.8, 4) is 11.6 Å². The summed E-state index contributed by atoms with van der Waals surface area (Å²) in [5, 5.41) is 8.90. The molecule has 0 spiro atoms. The first-order chi connectivity index (χ1) is 10.0. The number of Topliss-reactive ketones (excluding diaryl/α,β-unsaturated/α-hetero) is 1. The fraction of sp³-hybridized carbons (Fsp3) is 0.357. The largest absolute Gasteiger partial charge is 0.491 e. The number of fused-ring (bicyclic) bond motifs is 1. The molecule has 7 heteroatoms. The van der Waals surface area contributed by atoms with Crippen LogP contribution in [0.5, 0.6) is 11.6 Å². The average Bonchev–Trinajstić information content (AvgIpc) is 3.18. The molecule has 21 heavy (non-hydrogen) atoms. The Kier molecular flexibility index (Phi) is 3.29. The maximum Gasteiger partial charge on any atom is 0.307 e. The lowest BCUT2D eigenvalue weighted by atomic mass is 10.2. The molecule has 2 atom stereocenters. The molecule has 0 aromatic carbocycles. The van der Waals surface area contributed by atoms with E-state index < -0.39 is 17.8 Å². The van der Waals surface area contributed by atoms with Gasteiger partial charge in [-0.25, -0.2) is 4.98 Å². The van der Waals surface area contributed by atoms with Gasteiger partial charge in [0.1, 0.15) is 0 Å². The highest BCUT2D eigenvalue weighted by Crippen LogP contribution is 2.43. The van der Waals surface area contributed by atoms with Crippen LogP contribution in [-0.4, -0.2) is 36.1 Å². The smallest absolute Gasteiger partial charge is 0.307 e. The second kappa shape index (κ2) is 5.00. The highest BCUT2D eigenvalue weighted by Gasteiger charge is 2.48. The van der Waals surface area contributed by atoms with Crippen molar-refractivity contribution in [1.82, 2.24) is 4.98 Å². The standard InChI is InChI=1S/C14H13NO5S/c1-19-9-5-10-8(15-13(9)20-2)4-11(21-10)12(16)6-3-7(6)14(17)18/h4-7H,3H2,1-2H3,(H,17,18)/t6-,7+/m0/s1. The molecule has 0 amide bonds. The van der Waals surface area contributed by atoms with E-state index >= 15 is 0 Å². The second-order valence-electron chi connectivity index (χ2n) is 4.85. The molecule has 3 rings (SSSR count). The van der Waals surface area contributed by atoms with Gasteiger partial charge in [-0.15, -0.1) is 11.3 Å².